The van der Waals surface area contributed by atoms with Gasteiger partial charge in [-0.2, -0.15) is 0 Å². The highest BCUT2D eigenvalue weighted by Crippen LogP contribution is 2.28. The molecular weight excluding hydrogens is 312 g/mol. The maximum Gasteiger partial charge on any atom is 0.250 e. The third-order valence-electron chi connectivity index (χ3n) is 4.48. The molecule has 3 aromatic rings. The van der Waals surface area contributed by atoms with Crippen molar-refractivity contribution in [1.82, 2.24) is 4.57 Å². The molecule has 25 heavy (non-hydrogen) atoms. The molecule has 1 aromatic heterocycles. The molecule has 0 saturated heterocycles. The van der Waals surface area contributed by atoms with Gasteiger partial charge in [0.05, 0.1) is 12.7 Å². The summed E-state index contributed by atoms with van der Waals surface area (Å²) in [5, 5.41) is 0. The molecule has 0 unspecified atom stereocenters. The van der Waals surface area contributed by atoms with Gasteiger partial charge in [0.15, 0.2) is 0 Å². The third kappa shape index (κ3) is 3.58. The van der Waals surface area contributed by atoms with Gasteiger partial charge < -0.3 is 15.0 Å². The van der Waals surface area contributed by atoms with Gasteiger partial charge in [0.1, 0.15) is 5.75 Å². The van der Waals surface area contributed by atoms with Crippen LogP contribution in [0.2, 0.25) is 0 Å². The Morgan fingerprint density at radius 1 is 1.08 bits per heavy atom. The molecule has 4 heteroatoms. The molecule has 2 aromatic carbocycles. The van der Waals surface area contributed by atoms with Crippen LogP contribution in [0.25, 0.3) is 11.3 Å². The zero-order chi connectivity index (χ0) is 17.8. The number of aryl methyl sites for hydroxylation is 1. The van der Waals surface area contributed by atoms with Crippen LogP contribution in [0, 0.1) is 6.92 Å². The molecule has 0 bridgehead atoms. The van der Waals surface area contributed by atoms with Crippen LogP contribution in [0.15, 0.2) is 60.7 Å². The highest BCUT2D eigenvalue weighted by Gasteiger charge is 2.16. The van der Waals surface area contributed by atoms with Crippen LogP contribution in [0.1, 0.15) is 21.6 Å². The van der Waals surface area contributed by atoms with Crippen LogP contribution < -0.4 is 10.5 Å². The van der Waals surface area contributed by atoms with E-state index in [2.05, 4.69) is 16.7 Å². The lowest BCUT2D eigenvalue weighted by Gasteiger charge is -2.13. The quantitative estimate of drug-likeness (QED) is 0.745. The largest absolute Gasteiger partial charge is 0.497 e. The number of primary amides is 1. The fraction of sp³-hybridized carbons (Fsp3) is 0.190. The lowest BCUT2D eigenvalue weighted by Crippen LogP contribution is -2.13. The van der Waals surface area contributed by atoms with Gasteiger partial charge in [0.25, 0.3) is 5.91 Å². The molecule has 0 spiro atoms. The fourth-order valence-corrected chi connectivity index (χ4v) is 3.07. The molecule has 4 nitrogen and oxygen atoms in total. The van der Waals surface area contributed by atoms with E-state index in [4.69, 9.17) is 10.5 Å². The molecule has 1 amide bonds. The van der Waals surface area contributed by atoms with Crippen molar-refractivity contribution in [3.8, 4) is 17.0 Å². The highest BCUT2D eigenvalue weighted by molar-refractivity contribution is 5.95. The molecule has 0 radical (unpaired) electrons. The number of nitrogens with two attached hydrogens (primary N) is 1. The minimum Gasteiger partial charge on any atom is -0.497 e. The maximum absolute atomic E-state index is 11.8. The van der Waals surface area contributed by atoms with E-state index in [0.717, 1.165) is 35.7 Å². The summed E-state index contributed by atoms with van der Waals surface area (Å²) in [6.45, 7) is 2.72. The molecule has 0 aliphatic heterocycles. The number of ether oxygens (including phenoxy) is 1. The van der Waals surface area contributed by atoms with E-state index in [1.807, 2.05) is 55.5 Å². The first-order chi connectivity index (χ1) is 12.1. The van der Waals surface area contributed by atoms with E-state index in [0.29, 0.717) is 5.56 Å². The van der Waals surface area contributed by atoms with Gasteiger partial charge in [0.2, 0.25) is 0 Å². The van der Waals surface area contributed by atoms with Crippen molar-refractivity contribution in [1.29, 1.82) is 0 Å². The smallest absolute Gasteiger partial charge is 0.250 e. The van der Waals surface area contributed by atoms with Crippen molar-refractivity contribution >= 4 is 5.91 Å². The van der Waals surface area contributed by atoms with E-state index in [1.54, 1.807) is 7.11 Å². The predicted octanol–water partition coefficient (Wildman–Crippen LogP) is 3.81. The van der Waals surface area contributed by atoms with Crippen molar-refractivity contribution in [3.63, 3.8) is 0 Å². The molecule has 0 saturated carbocycles. The predicted molar refractivity (Wildman–Crippen MR) is 99.8 cm³/mol. The Hall–Kier alpha value is -3.01. The number of carbonyl (C=O) groups is 1. The normalized spacial score (nSPS) is 10.6. The Morgan fingerprint density at radius 3 is 2.36 bits per heavy atom. The number of hydrogen-bond acceptors (Lipinski definition) is 2. The van der Waals surface area contributed by atoms with Gasteiger partial charge in [-0.15, -0.1) is 0 Å². The average Bonchev–Trinajstić information content (AvgIpc) is 2.97. The molecule has 0 atom stereocenters. The Kier molecular flexibility index (Phi) is 4.89. The molecule has 2 N–H and O–H groups in total. The monoisotopic (exact) mass is 334 g/mol. The van der Waals surface area contributed by atoms with Gasteiger partial charge in [-0.1, -0.05) is 30.3 Å². The number of aromatic nitrogens is 1. The molecule has 0 aliphatic carbocycles. The summed E-state index contributed by atoms with van der Waals surface area (Å²) < 4.78 is 7.39. The summed E-state index contributed by atoms with van der Waals surface area (Å²) in [6, 6.07) is 20.0. The number of rotatable bonds is 6. The topological polar surface area (TPSA) is 57.2 Å². The van der Waals surface area contributed by atoms with Crippen molar-refractivity contribution in [2.75, 3.05) is 7.11 Å². The summed E-state index contributed by atoms with van der Waals surface area (Å²) in [5.74, 6) is 0.406. The summed E-state index contributed by atoms with van der Waals surface area (Å²) in [6.07, 6.45) is 0.887. The van der Waals surface area contributed by atoms with Crippen LogP contribution in [-0.2, 0) is 13.0 Å². The van der Waals surface area contributed by atoms with Gasteiger partial charge in [0, 0.05) is 17.9 Å². The third-order valence-corrected chi connectivity index (χ3v) is 4.48. The summed E-state index contributed by atoms with van der Waals surface area (Å²) in [4.78, 5) is 11.8. The number of benzene rings is 2. The van der Waals surface area contributed by atoms with Gasteiger partial charge in [-0.25, -0.2) is 0 Å². The van der Waals surface area contributed by atoms with Crippen molar-refractivity contribution < 1.29 is 9.53 Å². The Labute approximate surface area is 147 Å². The number of nitrogens with zero attached hydrogens (tertiary/aromatic N) is 1. The van der Waals surface area contributed by atoms with Gasteiger partial charge >= 0.3 is 0 Å². The number of amides is 1. The first-order valence-corrected chi connectivity index (χ1v) is 8.28. The first-order valence-electron chi connectivity index (χ1n) is 8.28. The molecule has 0 aliphatic rings. The van der Waals surface area contributed by atoms with E-state index in [9.17, 15) is 4.79 Å². The minimum atomic E-state index is -0.397. The molecular formula is C21H22N2O2. The Morgan fingerprint density at radius 2 is 1.76 bits per heavy atom. The second-order valence-electron chi connectivity index (χ2n) is 6.01. The Balaban J connectivity index is 1.98. The molecule has 0 fully saturated rings. The number of methoxy groups -OCH3 is 1. The average molecular weight is 334 g/mol. The summed E-state index contributed by atoms with van der Waals surface area (Å²) in [5.41, 5.74) is 10.3. The summed E-state index contributed by atoms with van der Waals surface area (Å²) >= 11 is 0. The highest BCUT2D eigenvalue weighted by atomic mass is 16.5. The summed E-state index contributed by atoms with van der Waals surface area (Å²) in [7, 11) is 1.65. The number of hydrogen-bond donors (Lipinski definition) is 1. The lowest BCUT2D eigenvalue weighted by atomic mass is 10.1. The first kappa shape index (κ1) is 16.8. The standard InChI is InChI=1S/C21H22N2O2/c1-15-19(21(22)24)14-20(17-8-10-18(25-2)11-9-17)23(15)13-12-16-6-4-3-5-7-16/h3-11,14H,12-13H2,1-2H3,(H2,22,24). The van der Waals surface area contributed by atoms with E-state index >= 15 is 0 Å². The maximum atomic E-state index is 11.8. The lowest BCUT2D eigenvalue weighted by molar-refractivity contribution is 0.0999. The van der Waals surface area contributed by atoms with Gasteiger partial charge in [-0.05, 0) is 54.8 Å². The Bertz CT molecular complexity index is 865. The van der Waals surface area contributed by atoms with Crippen molar-refractivity contribution in [2.45, 2.75) is 19.9 Å². The van der Waals surface area contributed by atoms with Crippen molar-refractivity contribution in [2.24, 2.45) is 5.73 Å². The van der Waals surface area contributed by atoms with Crippen LogP contribution in [-0.4, -0.2) is 17.6 Å². The van der Waals surface area contributed by atoms with Crippen LogP contribution in [0.3, 0.4) is 0 Å². The zero-order valence-corrected chi connectivity index (χ0v) is 14.5. The zero-order valence-electron chi connectivity index (χ0n) is 14.5. The van der Waals surface area contributed by atoms with Gasteiger partial charge in [-0.3, -0.25) is 4.79 Å². The van der Waals surface area contributed by atoms with Crippen LogP contribution in [0.5, 0.6) is 5.75 Å². The van der Waals surface area contributed by atoms with Crippen LogP contribution >= 0.6 is 0 Å². The fourth-order valence-electron chi connectivity index (χ4n) is 3.07. The second-order valence-corrected chi connectivity index (χ2v) is 6.01. The SMILES string of the molecule is COc1ccc(-c2cc(C(N)=O)c(C)n2CCc2ccccc2)cc1. The molecule has 1 heterocycles. The second kappa shape index (κ2) is 7.26. The van der Waals surface area contributed by atoms with E-state index in [1.165, 1.54) is 5.56 Å². The van der Waals surface area contributed by atoms with E-state index < -0.39 is 5.91 Å². The minimum absolute atomic E-state index is 0.397. The number of carbonyl (C=O) groups excluding carboxylic acids is 1. The molecule has 128 valence electrons. The van der Waals surface area contributed by atoms with Crippen LogP contribution in [0.4, 0.5) is 0 Å². The van der Waals surface area contributed by atoms with E-state index in [-0.39, 0.29) is 0 Å². The van der Waals surface area contributed by atoms with Crippen molar-refractivity contribution in [3.05, 3.63) is 77.5 Å². The molecule has 3 rings (SSSR count).